The van der Waals surface area contributed by atoms with Gasteiger partial charge < -0.3 is 15.9 Å². The Morgan fingerprint density at radius 2 is 2.00 bits per heavy atom. The lowest BCUT2D eigenvalue weighted by atomic mass is 9.96. The molecule has 0 fully saturated rings. The molecule has 0 heterocycles. The van der Waals surface area contributed by atoms with Crippen molar-refractivity contribution in [1.82, 2.24) is 0 Å². The van der Waals surface area contributed by atoms with Gasteiger partial charge in [0.15, 0.2) is 5.54 Å². The van der Waals surface area contributed by atoms with E-state index in [0.29, 0.717) is 0 Å². The van der Waals surface area contributed by atoms with Gasteiger partial charge in [0.2, 0.25) is 5.63 Å². The van der Waals surface area contributed by atoms with E-state index in [2.05, 4.69) is 0 Å². The Bertz CT molecular complexity index is 223. The van der Waals surface area contributed by atoms with Crippen LogP contribution in [-0.4, -0.2) is 33.3 Å². The number of alkyl halides is 2. The minimum Gasteiger partial charge on any atom is -0.481 e. The second-order valence-electron chi connectivity index (χ2n) is 2.54. The highest BCUT2D eigenvalue weighted by atomic mass is 35.5. The van der Waals surface area contributed by atoms with Crippen molar-refractivity contribution in [3.63, 3.8) is 0 Å². The van der Waals surface area contributed by atoms with Crippen LogP contribution in [-0.2, 0) is 9.59 Å². The van der Waals surface area contributed by atoms with Gasteiger partial charge in [0, 0.05) is 6.42 Å². The van der Waals surface area contributed by atoms with Gasteiger partial charge in [0.05, 0.1) is 0 Å². The standard InChI is InChI=1S/C6H9ClFNO4/c7-4(8)6(9,5(12)13)2-1-3(10)11/h4H,1-2,9H2,(H,10,11)(H,12,13)/t4-,6-/m0/s1. The Kier molecular flexibility index (Phi) is 4.09. The van der Waals surface area contributed by atoms with E-state index in [-0.39, 0.29) is 0 Å². The van der Waals surface area contributed by atoms with E-state index < -0.39 is 36.0 Å². The van der Waals surface area contributed by atoms with Gasteiger partial charge in [-0.25, -0.2) is 4.39 Å². The molecular formula is C6H9ClFNO4. The number of hydrogen-bond donors (Lipinski definition) is 3. The lowest BCUT2D eigenvalue weighted by Crippen LogP contribution is -2.54. The minimum atomic E-state index is -2.33. The molecule has 0 unspecified atom stereocenters. The molecule has 7 heteroatoms. The maximum absolute atomic E-state index is 12.5. The second-order valence-corrected chi connectivity index (χ2v) is 2.92. The number of nitrogens with two attached hydrogens (primary N) is 1. The van der Waals surface area contributed by atoms with E-state index in [0.717, 1.165) is 0 Å². The van der Waals surface area contributed by atoms with Gasteiger partial charge in [0.1, 0.15) is 0 Å². The van der Waals surface area contributed by atoms with Crippen molar-refractivity contribution in [2.24, 2.45) is 5.73 Å². The molecule has 2 atom stereocenters. The molecule has 76 valence electrons. The molecule has 13 heavy (non-hydrogen) atoms. The summed E-state index contributed by atoms with van der Waals surface area (Å²) in [6.07, 6.45) is -1.10. The van der Waals surface area contributed by atoms with E-state index in [1.54, 1.807) is 0 Å². The zero-order valence-corrected chi connectivity index (χ0v) is 7.29. The molecule has 5 nitrogen and oxygen atoms in total. The van der Waals surface area contributed by atoms with Gasteiger partial charge in [-0.15, -0.1) is 0 Å². The molecule has 0 saturated carbocycles. The number of aliphatic carboxylic acids is 2. The third-order valence-corrected chi connectivity index (χ3v) is 1.93. The summed E-state index contributed by atoms with van der Waals surface area (Å²) in [5, 5.41) is 16.7. The van der Waals surface area contributed by atoms with E-state index >= 15 is 0 Å². The summed E-state index contributed by atoms with van der Waals surface area (Å²) in [4.78, 5) is 20.5. The number of carbonyl (C=O) groups is 2. The fraction of sp³-hybridized carbons (Fsp3) is 0.667. The first-order valence-electron chi connectivity index (χ1n) is 3.33. The first kappa shape index (κ1) is 12.1. The van der Waals surface area contributed by atoms with Crippen molar-refractivity contribution in [3.05, 3.63) is 0 Å². The maximum Gasteiger partial charge on any atom is 0.328 e. The smallest absolute Gasteiger partial charge is 0.328 e. The zero-order chi connectivity index (χ0) is 10.6. The predicted molar refractivity (Wildman–Crippen MR) is 42.2 cm³/mol. The molecule has 0 radical (unpaired) electrons. The summed E-state index contributed by atoms with van der Waals surface area (Å²) in [5.74, 6) is -2.91. The molecule has 0 rings (SSSR count). The van der Waals surface area contributed by atoms with Gasteiger partial charge in [-0.05, 0) is 6.42 Å². The van der Waals surface area contributed by atoms with Gasteiger partial charge in [-0.3, -0.25) is 9.59 Å². The number of hydrogen-bond acceptors (Lipinski definition) is 3. The van der Waals surface area contributed by atoms with Gasteiger partial charge in [-0.2, -0.15) is 0 Å². The highest BCUT2D eigenvalue weighted by Crippen LogP contribution is 2.21. The van der Waals surface area contributed by atoms with E-state index in [4.69, 9.17) is 27.5 Å². The van der Waals surface area contributed by atoms with Crippen molar-refractivity contribution in [2.45, 2.75) is 24.0 Å². The molecule has 0 spiro atoms. The van der Waals surface area contributed by atoms with Crippen LogP contribution >= 0.6 is 11.6 Å². The normalized spacial score (nSPS) is 17.5. The van der Waals surface area contributed by atoms with E-state index in [1.807, 2.05) is 0 Å². The molecule has 0 aliphatic carbocycles. The molecule has 0 amide bonds. The quantitative estimate of drug-likeness (QED) is 0.565. The molecule has 0 bridgehead atoms. The monoisotopic (exact) mass is 213 g/mol. The van der Waals surface area contributed by atoms with Crippen molar-refractivity contribution in [2.75, 3.05) is 0 Å². The van der Waals surface area contributed by atoms with Crippen molar-refractivity contribution in [1.29, 1.82) is 0 Å². The van der Waals surface area contributed by atoms with Crippen LogP contribution in [0.2, 0.25) is 0 Å². The van der Waals surface area contributed by atoms with Gasteiger partial charge >= 0.3 is 11.9 Å². The van der Waals surface area contributed by atoms with Crippen LogP contribution in [0.5, 0.6) is 0 Å². The first-order chi connectivity index (χ1) is 5.80. The number of halogens is 2. The Hall–Kier alpha value is -0.880. The molecule has 0 aliphatic heterocycles. The fourth-order valence-corrected chi connectivity index (χ4v) is 0.826. The summed E-state index contributed by atoms with van der Waals surface area (Å²) < 4.78 is 12.5. The molecular weight excluding hydrogens is 205 g/mol. The topological polar surface area (TPSA) is 101 Å². The number of carboxylic acid groups (broad SMARTS) is 2. The third kappa shape index (κ3) is 3.16. The van der Waals surface area contributed by atoms with Crippen LogP contribution < -0.4 is 5.73 Å². The minimum absolute atomic E-state index is 0.546. The highest BCUT2D eigenvalue weighted by molar-refractivity contribution is 6.22. The lowest BCUT2D eigenvalue weighted by Gasteiger charge is -2.23. The van der Waals surface area contributed by atoms with Crippen LogP contribution in [0.1, 0.15) is 12.8 Å². The van der Waals surface area contributed by atoms with Crippen LogP contribution in [0.3, 0.4) is 0 Å². The molecule has 0 saturated heterocycles. The number of rotatable bonds is 5. The van der Waals surface area contributed by atoms with Crippen molar-refractivity contribution in [3.8, 4) is 0 Å². The number of carboxylic acids is 2. The second kappa shape index (κ2) is 4.38. The zero-order valence-electron chi connectivity index (χ0n) is 6.54. The SMILES string of the molecule is N[C@](CCC(=O)O)(C(=O)O)[C@H](F)Cl. The molecule has 0 aromatic rings. The Morgan fingerprint density at radius 3 is 2.23 bits per heavy atom. The average Bonchev–Trinajstić information content (AvgIpc) is 1.99. The average molecular weight is 214 g/mol. The predicted octanol–water partition coefficient (Wildman–Crippen LogP) is 0.168. The van der Waals surface area contributed by atoms with Crippen LogP contribution in [0, 0.1) is 0 Å². The summed E-state index contributed by atoms with van der Waals surface area (Å²) in [6, 6.07) is 0. The van der Waals surface area contributed by atoms with Gasteiger partial charge in [-0.1, -0.05) is 11.6 Å². The van der Waals surface area contributed by atoms with Crippen molar-refractivity contribution >= 4 is 23.5 Å². The van der Waals surface area contributed by atoms with Crippen LogP contribution in [0.15, 0.2) is 0 Å². The third-order valence-electron chi connectivity index (χ3n) is 1.54. The van der Waals surface area contributed by atoms with Crippen LogP contribution in [0.25, 0.3) is 0 Å². The van der Waals surface area contributed by atoms with Crippen LogP contribution in [0.4, 0.5) is 4.39 Å². The summed E-state index contributed by atoms with van der Waals surface area (Å²) >= 11 is 4.90. The summed E-state index contributed by atoms with van der Waals surface area (Å²) in [5.41, 5.74) is 0.413. The molecule has 0 aromatic carbocycles. The fourth-order valence-electron chi connectivity index (χ4n) is 0.623. The largest absolute Gasteiger partial charge is 0.481 e. The maximum atomic E-state index is 12.5. The first-order valence-corrected chi connectivity index (χ1v) is 3.76. The Labute approximate surface area is 78.3 Å². The molecule has 0 aliphatic rings. The molecule has 4 N–H and O–H groups in total. The summed E-state index contributed by atoms with van der Waals surface area (Å²) in [7, 11) is 0. The lowest BCUT2D eigenvalue weighted by molar-refractivity contribution is -0.145. The highest BCUT2D eigenvalue weighted by Gasteiger charge is 2.42. The van der Waals surface area contributed by atoms with Crippen molar-refractivity contribution < 1.29 is 24.2 Å². The van der Waals surface area contributed by atoms with Gasteiger partial charge in [0.25, 0.3) is 0 Å². The molecule has 0 aromatic heterocycles. The van der Waals surface area contributed by atoms with E-state index in [9.17, 15) is 14.0 Å². The Morgan fingerprint density at radius 1 is 1.54 bits per heavy atom. The summed E-state index contributed by atoms with van der Waals surface area (Å²) in [6.45, 7) is 0. The van der Waals surface area contributed by atoms with E-state index in [1.165, 1.54) is 0 Å². The Balaban J connectivity index is 4.43.